The minimum Gasteiger partial charge on any atom is -0.506 e. The fourth-order valence-corrected chi connectivity index (χ4v) is 9.12. The number of fused-ring (bicyclic) bond motifs is 1. The molecule has 2 aromatic heterocycles. The molecule has 0 unspecified atom stereocenters. The number of ether oxygens (including phenoxy) is 1. The molecular formula is C39H46FN5O8S3. The highest BCUT2D eigenvalue weighted by Crippen LogP contribution is 2.33. The number of likely N-dealkylation sites (tertiary alicyclic amines) is 1. The number of H-pyrrole nitrogens is 1. The van der Waals surface area contributed by atoms with Gasteiger partial charge in [0.25, 0.3) is 16.0 Å². The molecular weight excluding hydrogens is 782 g/mol. The molecule has 7 rings (SSSR count). The number of halogens is 1. The van der Waals surface area contributed by atoms with E-state index in [-0.39, 0.29) is 39.4 Å². The summed E-state index contributed by atoms with van der Waals surface area (Å²) in [6.45, 7) is 8.84. The van der Waals surface area contributed by atoms with Crippen molar-refractivity contribution in [2.45, 2.75) is 62.2 Å². The van der Waals surface area contributed by atoms with E-state index in [1.165, 1.54) is 35.6 Å². The molecule has 3 aromatic carbocycles. The maximum absolute atomic E-state index is 14.7. The number of phenolic OH excluding ortho intramolecular Hbond substituents is 1. The highest BCUT2D eigenvalue weighted by Gasteiger charge is 2.41. The number of nitrogens with zero attached hydrogens (tertiary/aromatic N) is 3. The number of benzene rings is 3. The van der Waals surface area contributed by atoms with Crippen molar-refractivity contribution in [3.8, 4) is 5.75 Å². The van der Waals surface area contributed by atoms with Crippen molar-refractivity contribution in [2.24, 2.45) is 0 Å². The Kier molecular flexibility index (Phi) is 13.4. The quantitative estimate of drug-likeness (QED) is 0.0858. The summed E-state index contributed by atoms with van der Waals surface area (Å²) < 4.78 is 50.8. The Morgan fingerprint density at radius 1 is 1.11 bits per heavy atom. The van der Waals surface area contributed by atoms with E-state index < -0.39 is 16.2 Å². The van der Waals surface area contributed by atoms with Gasteiger partial charge in [-0.3, -0.25) is 19.0 Å². The Bertz CT molecular complexity index is 2290. The molecule has 1 amide bonds. The molecule has 2 saturated heterocycles. The molecule has 13 nitrogen and oxygen atoms in total. The van der Waals surface area contributed by atoms with E-state index in [0.29, 0.717) is 72.2 Å². The second-order valence-corrected chi connectivity index (χ2v) is 17.6. The van der Waals surface area contributed by atoms with Crippen LogP contribution in [-0.2, 0) is 27.8 Å². The SMILES string of the molecule is CC(C)c1nc(C(=O)N2CCOC3(CCN(Cc4ccc(F)c(CCNC[C@H](O)c5ccc(O)c6[nH]c(=O)sc56)c4)CC3)C2)cs1.O=S(=O)(O)c1ccccc1. The molecule has 4 heterocycles. The van der Waals surface area contributed by atoms with Crippen molar-refractivity contribution in [3.05, 3.63) is 109 Å². The van der Waals surface area contributed by atoms with E-state index in [4.69, 9.17) is 9.29 Å². The average molecular weight is 828 g/mol. The number of carbonyl (C=O) groups is 1. The Morgan fingerprint density at radius 2 is 1.86 bits per heavy atom. The third-order valence-corrected chi connectivity index (χ3v) is 12.9. The molecule has 56 heavy (non-hydrogen) atoms. The minimum absolute atomic E-state index is 0.0206. The van der Waals surface area contributed by atoms with E-state index >= 15 is 0 Å². The summed E-state index contributed by atoms with van der Waals surface area (Å²) in [5.41, 5.74) is 2.69. The first-order chi connectivity index (χ1) is 26.7. The lowest BCUT2D eigenvalue weighted by molar-refractivity contribution is -0.128. The highest BCUT2D eigenvalue weighted by molar-refractivity contribution is 7.85. The molecule has 1 atom stereocenters. The fourth-order valence-electron chi connectivity index (χ4n) is 6.89. The molecule has 1 spiro atoms. The zero-order chi connectivity index (χ0) is 40.0. The van der Waals surface area contributed by atoms with Gasteiger partial charge in [0.15, 0.2) is 0 Å². The van der Waals surface area contributed by atoms with Crippen LogP contribution in [0.15, 0.2) is 75.7 Å². The van der Waals surface area contributed by atoms with Crippen LogP contribution in [0.25, 0.3) is 10.2 Å². The number of aliphatic hydroxyl groups excluding tert-OH is 1. The van der Waals surface area contributed by atoms with Crippen LogP contribution in [0.3, 0.4) is 0 Å². The zero-order valence-electron chi connectivity index (χ0n) is 31.1. The van der Waals surface area contributed by atoms with Crippen molar-refractivity contribution in [1.82, 2.24) is 25.1 Å². The van der Waals surface area contributed by atoms with E-state index in [1.807, 2.05) is 22.4 Å². The molecule has 5 N–H and O–H groups in total. The maximum atomic E-state index is 14.7. The fraction of sp³-hybridized carbons (Fsp3) is 0.410. The van der Waals surface area contributed by atoms with Crippen LogP contribution >= 0.6 is 22.7 Å². The Morgan fingerprint density at radius 3 is 2.54 bits per heavy atom. The van der Waals surface area contributed by atoms with Gasteiger partial charge in [-0.25, -0.2) is 9.37 Å². The first-order valence-electron chi connectivity index (χ1n) is 18.4. The lowest BCUT2D eigenvalue weighted by atomic mass is 9.89. The molecule has 5 aromatic rings. The first kappa shape index (κ1) is 41.6. The number of aromatic hydroxyl groups is 1. The molecule has 0 bridgehead atoms. The van der Waals surface area contributed by atoms with Crippen molar-refractivity contribution in [1.29, 1.82) is 0 Å². The highest BCUT2D eigenvalue weighted by atomic mass is 32.2. The van der Waals surface area contributed by atoms with Crippen molar-refractivity contribution in [3.63, 3.8) is 0 Å². The van der Waals surface area contributed by atoms with Gasteiger partial charge in [0.05, 0.1) is 39.5 Å². The number of phenols is 1. The number of amides is 1. The topological polar surface area (TPSA) is 185 Å². The monoisotopic (exact) mass is 827 g/mol. The third kappa shape index (κ3) is 10.3. The number of aromatic nitrogens is 2. The van der Waals surface area contributed by atoms with Gasteiger partial charge in [0, 0.05) is 49.6 Å². The van der Waals surface area contributed by atoms with Gasteiger partial charge in [0.1, 0.15) is 22.8 Å². The van der Waals surface area contributed by atoms with Crippen LogP contribution in [-0.4, -0.2) is 100 Å². The van der Waals surface area contributed by atoms with Crippen LogP contribution in [0.4, 0.5) is 4.39 Å². The average Bonchev–Trinajstić information content (AvgIpc) is 3.84. The van der Waals surface area contributed by atoms with Gasteiger partial charge in [-0.15, -0.1) is 11.3 Å². The smallest absolute Gasteiger partial charge is 0.305 e. The number of hydrogen-bond acceptors (Lipinski definition) is 12. The molecule has 0 saturated carbocycles. The molecule has 2 fully saturated rings. The van der Waals surface area contributed by atoms with E-state index in [0.717, 1.165) is 47.8 Å². The molecule has 2 aliphatic rings. The summed E-state index contributed by atoms with van der Waals surface area (Å²) in [6.07, 6.45) is 1.20. The number of piperidine rings is 1. The summed E-state index contributed by atoms with van der Waals surface area (Å²) >= 11 is 2.48. The number of rotatable bonds is 11. The van der Waals surface area contributed by atoms with Crippen molar-refractivity contribution >= 4 is 48.9 Å². The number of aromatic amines is 1. The van der Waals surface area contributed by atoms with Gasteiger partial charge in [-0.2, -0.15) is 8.42 Å². The summed E-state index contributed by atoms with van der Waals surface area (Å²) in [7, 11) is -4.00. The van der Waals surface area contributed by atoms with Gasteiger partial charge in [-0.1, -0.05) is 61.6 Å². The van der Waals surface area contributed by atoms with Crippen LogP contribution < -0.4 is 10.2 Å². The van der Waals surface area contributed by atoms with E-state index in [1.54, 1.807) is 24.3 Å². The summed E-state index contributed by atoms with van der Waals surface area (Å²) in [5, 5.41) is 26.8. The van der Waals surface area contributed by atoms with Gasteiger partial charge in [-0.05, 0) is 61.2 Å². The van der Waals surface area contributed by atoms with Crippen LogP contribution in [0.5, 0.6) is 5.75 Å². The predicted octanol–water partition coefficient (Wildman–Crippen LogP) is 5.32. The molecule has 300 valence electrons. The molecule has 17 heteroatoms. The normalized spacial score (nSPS) is 16.6. The second-order valence-electron chi connectivity index (χ2n) is 14.3. The molecule has 0 aliphatic carbocycles. The Balaban J connectivity index is 0.000000463. The Hall–Kier alpha value is -4.07. The van der Waals surface area contributed by atoms with Crippen molar-refractivity contribution < 1.29 is 37.1 Å². The van der Waals surface area contributed by atoms with E-state index in [9.17, 15) is 32.6 Å². The predicted molar refractivity (Wildman–Crippen MR) is 214 cm³/mol. The first-order valence-corrected chi connectivity index (χ1v) is 21.5. The van der Waals surface area contributed by atoms with Gasteiger partial charge < -0.3 is 30.2 Å². The maximum Gasteiger partial charge on any atom is 0.305 e. The van der Waals surface area contributed by atoms with Crippen LogP contribution in [0.2, 0.25) is 0 Å². The van der Waals surface area contributed by atoms with Crippen molar-refractivity contribution in [2.75, 3.05) is 45.9 Å². The number of nitrogens with one attached hydrogen (secondary N) is 2. The number of morpholine rings is 1. The molecule has 0 radical (unpaired) electrons. The summed E-state index contributed by atoms with van der Waals surface area (Å²) in [4.78, 5) is 36.0. The zero-order valence-corrected chi connectivity index (χ0v) is 33.6. The summed E-state index contributed by atoms with van der Waals surface area (Å²) in [6, 6.07) is 15.7. The van der Waals surface area contributed by atoms with Gasteiger partial charge >= 0.3 is 4.87 Å². The summed E-state index contributed by atoms with van der Waals surface area (Å²) in [5.74, 6) is -0.0234. The standard InChI is InChI=1S/C33H40FN5O5S2.C6H6O3S/c1-20(2)30-36-25(18-45-30)31(42)39-13-14-44-33(19-39)8-11-38(12-9-33)17-21-3-5-24(34)22(15-21)7-10-35-16-27(41)23-4-6-26(40)28-29(23)46-32(43)37-28;7-10(8,9)6-4-2-1-3-5-6/h3-6,15,18,20,27,35,40-41H,7-14,16-17,19H2,1-2H3,(H,37,43);1-5H,(H,7,8,9)/t27-;/m0./s1. The largest absolute Gasteiger partial charge is 0.506 e. The van der Waals surface area contributed by atoms with Crippen LogP contribution in [0.1, 0.15) is 70.9 Å². The number of aliphatic hydroxyl groups is 1. The van der Waals surface area contributed by atoms with Crippen LogP contribution in [0, 0.1) is 5.82 Å². The number of hydrogen-bond donors (Lipinski definition) is 5. The van der Waals surface area contributed by atoms with Gasteiger partial charge in [0.2, 0.25) is 0 Å². The Labute approximate surface area is 332 Å². The second kappa shape index (κ2) is 18.0. The number of carbonyl (C=O) groups excluding carboxylic acids is 1. The number of thiazole rings is 2. The lowest BCUT2D eigenvalue weighted by Gasteiger charge is -2.47. The minimum atomic E-state index is -4.00. The third-order valence-electron chi connectivity index (χ3n) is 9.95. The van der Waals surface area contributed by atoms with E-state index in [2.05, 4.69) is 34.0 Å². The molecule has 2 aliphatic heterocycles. The lowest BCUT2D eigenvalue weighted by Crippen LogP contribution is -2.58.